The van der Waals surface area contributed by atoms with Gasteiger partial charge in [-0.15, -0.1) is 0 Å². The zero-order valence-corrected chi connectivity index (χ0v) is 9.58. The zero-order valence-electron chi connectivity index (χ0n) is 9.58. The van der Waals surface area contributed by atoms with Gasteiger partial charge in [0.05, 0.1) is 6.54 Å². The summed E-state index contributed by atoms with van der Waals surface area (Å²) < 4.78 is 5.28. The lowest BCUT2D eigenvalue weighted by molar-refractivity contribution is 0.0915. The van der Waals surface area contributed by atoms with Gasteiger partial charge in [-0.3, -0.25) is 4.79 Å². The molecule has 88 valence electrons. The zero-order chi connectivity index (χ0) is 11.6. The molecule has 0 spiro atoms. The van der Waals surface area contributed by atoms with Crippen LogP contribution in [-0.2, 0) is 6.54 Å². The van der Waals surface area contributed by atoms with E-state index in [-0.39, 0.29) is 5.91 Å². The Labute approximate surface area is 95.2 Å². The van der Waals surface area contributed by atoms with Crippen molar-refractivity contribution in [3.05, 3.63) is 23.7 Å². The average Bonchev–Trinajstić information content (AvgIpc) is 2.94. The smallest absolute Gasteiger partial charge is 0.287 e. The van der Waals surface area contributed by atoms with Gasteiger partial charge in [-0.25, -0.2) is 0 Å². The Balaban J connectivity index is 1.88. The molecule has 0 aliphatic heterocycles. The number of rotatable bonds is 5. The highest BCUT2D eigenvalue weighted by molar-refractivity contribution is 5.91. The lowest BCUT2D eigenvalue weighted by Crippen LogP contribution is -2.29. The second-order valence-electron chi connectivity index (χ2n) is 4.51. The van der Waals surface area contributed by atoms with Crippen molar-refractivity contribution in [2.75, 3.05) is 6.54 Å². The molecule has 0 bridgehead atoms. The first kappa shape index (κ1) is 11.2. The SMILES string of the molecule is CCC1(CNC(=O)c2ccc(CN)o2)CC1. The lowest BCUT2D eigenvalue weighted by atomic mass is 10.0. The normalized spacial score (nSPS) is 17.1. The largest absolute Gasteiger partial charge is 0.455 e. The summed E-state index contributed by atoms with van der Waals surface area (Å²) in [7, 11) is 0. The van der Waals surface area contributed by atoms with Crippen LogP contribution < -0.4 is 11.1 Å². The Morgan fingerprint density at radius 2 is 2.31 bits per heavy atom. The fourth-order valence-corrected chi connectivity index (χ4v) is 1.80. The molecule has 0 aromatic carbocycles. The second kappa shape index (κ2) is 4.29. The van der Waals surface area contributed by atoms with Crippen molar-refractivity contribution in [1.29, 1.82) is 0 Å². The summed E-state index contributed by atoms with van der Waals surface area (Å²) in [5, 5.41) is 2.92. The third kappa shape index (κ3) is 2.27. The van der Waals surface area contributed by atoms with Crippen LogP contribution in [0.25, 0.3) is 0 Å². The van der Waals surface area contributed by atoms with E-state index in [4.69, 9.17) is 10.2 Å². The van der Waals surface area contributed by atoms with Gasteiger partial charge in [-0.05, 0) is 36.8 Å². The third-order valence-electron chi connectivity index (χ3n) is 3.42. The minimum atomic E-state index is -0.139. The molecule has 2 rings (SSSR count). The van der Waals surface area contributed by atoms with Crippen LogP contribution in [0.5, 0.6) is 0 Å². The first-order chi connectivity index (χ1) is 7.69. The highest BCUT2D eigenvalue weighted by atomic mass is 16.4. The van der Waals surface area contributed by atoms with Crippen LogP contribution in [0.1, 0.15) is 42.5 Å². The van der Waals surface area contributed by atoms with E-state index in [1.165, 1.54) is 12.8 Å². The van der Waals surface area contributed by atoms with Crippen LogP contribution in [0, 0.1) is 5.41 Å². The van der Waals surface area contributed by atoms with Crippen LogP contribution in [0.15, 0.2) is 16.5 Å². The summed E-state index contributed by atoms with van der Waals surface area (Å²) in [6.45, 7) is 3.24. The van der Waals surface area contributed by atoms with E-state index in [9.17, 15) is 4.79 Å². The Morgan fingerprint density at radius 1 is 1.56 bits per heavy atom. The van der Waals surface area contributed by atoms with E-state index in [0.717, 1.165) is 13.0 Å². The van der Waals surface area contributed by atoms with E-state index >= 15 is 0 Å². The Morgan fingerprint density at radius 3 is 2.81 bits per heavy atom. The van der Waals surface area contributed by atoms with Crippen molar-refractivity contribution in [2.24, 2.45) is 11.1 Å². The summed E-state index contributed by atoms with van der Waals surface area (Å²) in [4.78, 5) is 11.7. The molecule has 4 heteroatoms. The highest BCUT2D eigenvalue weighted by Crippen LogP contribution is 2.47. The monoisotopic (exact) mass is 222 g/mol. The van der Waals surface area contributed by atoms with Gasteiger partial charge in [0.25, 0.3) is 5.91 Å². The molecule has 0 unspecified atom stereocenters. The molecule has 1 amide bonds. The number of nitrogens with one attached hydrogen (secondary N) is 1. The molecule has 0 saturated heterocycles. The predicted molar refractivity (Wildman–Crippen MR) is 60.9 cm³/mol. The number of carbonyl (C=O) groups is 1. The summed E-state index contributed by atoms with van der Waals surface area (Å²) in [5.41, 5.74) is 5.77. The van der Waals surface area contributed by atoms with E-state index in [1.807, 2.05) is 0 Å². The molecule has 1 heterocycles. The summed E-state index contributed by atoms with van der Waals surface area (Å²) in [6.07, 6.45) is 3.56. The lowest BCUT2D eigenvalue weighted by Gasteiger charge is -2.12. The number of amides is 1. The van der Waals surface area contributed by atoms with Crippen LogP contribution in [0.3, 0.4) is 0 Å². The van der Waals surface area contributed by atoms with Crippen LogP contribution in [0.2, 0.25) is 0 Å². The van der Waals surface area contributed by atoms with Crippen molar-refractivity contribution in [3.8, 4) is 0 Å². The topological polar surface area (TPSA) is 68.3 Å². The van der Waals surface area contributed by atoms with Crippen molar-refractivity contribution in [2.45, 2.75) is 32.7 Å². The van der Waals surface area contributed by atoms with Crippen LogP contribution in [-0.4, -0.2) is 12.5 Å². The van der Waals surface area contributed by atoms with Crippen molar-refractivity contribution < 1.29 is 9.21 Å². The molecule has 0 atom stereocenters. The van der Waals surface area contributed by atoms with Crippen molar-refractivity contribution in [3.63, 3.8) is 0 Å². The highest BCUT2D eigenvalue weighted by Gasteiger charge is 2.40. The summed E-state index contributed by atoms with van der Waals surface area (Å²) in [6, 6.07) is 3.41. The maximum absolute atomic E-state index is 11.7. The Hall–Kier alpha value is -1.29. The molecule has 1 saturated carbocycles. The van der Waals surface area contributed by atoms with Gasteiger partial charge in [0, 0.05) is 6.54 Å². The summed E-state index contributed by atoms with van der Waals surface area (Å²) >= 11 is 0. The van der Waals surface area contributed by atoms with Gasteiger partial charge < -0.3 is 15.5 Å². The minimum Gasteiger partial charge on any atom is -0.455 e. The van der Waals surface area contributed by atoms with Gasteiger partial charge in [0.2, 0.25) is 0 Å². The molecule has 0 radical (unpaired) electrons. The number of hydrogen-bond donors (Lipinski definition) is 2. The number of carbonyl (C=O) groups excluding carboxylic acids is 1. The molecule has 16 heavy (non-hydrogen) atoms. The van der Waals surface area contributed by atoms with E-state index in [2.05, 4.69) is 12.2 Å². The fourth-order valence-electron chi connectivity index (χ4n) is 1.80. The van der Waals surface area contributed by atoms with Crippen LogP contribution >= 0.6 is 0 Å². The number of furan rings is 1. The molecule has 1 aromatic heterocycles. The average molecular weight is 222 g/mol. The van der Waals surface area contributed by atoms with E-state index in [0.29, 0.717) is 23.5 Å². The quantitative estimate of drug-likeness (QED) is 0.796. The minimum absolute atomic E-state index is 0.139. The fraction of sp³-hybridized carbons (Fsp3) is 0.583. The van der Waals surface area contributed by atoms with Crippen molar-refractivity contribution in [1.82, 2.24) is 5.32 Å². The van der Waals surface area contributed by atoms with Gasteiger partial charge >= 0.3 is 0 Å². The Kier molecular flexibility index (Phi) is 3.01. The molecule has 1 fully saturated rings. The maximum Gasteiger partial charge on any atom is 0.287 e. The predicted octanol–water partition coefficient (Wildman–Crippen LogP) is 1.66. The molecule has 1 aliphatic carbocycles. The third-order valence-corrected chi connectivity index (χ3v) is 3.42. The molecule has 4 nitrogen and oxygen atoms in total. The van der Waals surface area contributed by atoms with E-state index < -0.39 is 0 Å². The van der Waals surface area contributed by atoms with Gasteiger partial charge in [-0.2, -0.15) is 0 Å². The summed E-state index contributed by atoms with van der Waals surface area (Å²) in [5.74, 6) is 0.855. The Bertz CT molecular complexity index is 380. The van der Waals surface area contributed by atoms with Crippen molar-refractivity contribution >= 4 is 5.91 Å². The standard InChI is InChI=1S/C12H18N2O2/c1-2-12(5-6-12)8-14-11(15)10-4-3-9(7-13)16-10/h3-4H,2,5-8,13H2,1H3,(H,14,15). The molecular weight excluding hydrogens is 204 g/mol. The maximum atomic E-state index is 11.7. The van der Waals surface area contributed by atoms with Gasteiger partial charge in [0.15, 0.2) is 5.76 Å². The number of nitrogens with two attached hydrogens (primary N) is 1. The molecule has 1 aromatic rings. The second-order valence-corrected chi connectivity index (χ2v) is 4.51. The van der Waals surface area contributed by atoms with Gasteiger partial charge in [-0.1, -0.05) is 6.92 Å². The molecule has 1 aliphatic rings. The first-order valence-electron chi connectivity index (χ1n) is 5.76. The van der Waals surface area contributed by atoms with Gasteiger partial charge in [0.1, 0.15) is 5.76 Å². The van der Waals surface area contributed by atoms with E-state index in [1.54, 1.807) is 12.1 Å². The molecular formula is C12H18N2O2. The molecule has 3 N–H and O–H groups in total. The number of hydrogen-bond acceptors (Lipinski definition) is 3. The first-order valence-corrected chi connectivity index (χ1v) is 5.76. The van der Waals surface area contributed by atoms with Crippen LogP contribution in [0.4, 0.5) is 0 Å².